The average Bonchev–Trinajstić information content (AvgIpc) is 1.90. The van der Waals surface area contributed by atoms with Gasteiger partial charge >= 0.3 is 0 Å². The van der Waals surface area contributed by atoms with Gasteiger partial charge in [-0.25, -0.2) is 0 Å². The molecule has 0 amide bonds. The Labute approximate surface area is 63.8 Å². The molecule has 2 N–H and O–H groups in total. The maximum absolute atomic E-state index is 5.35. The molecule has 0 spiro atoms. The van der Waals surface area contributed by atoms with Crippen LogP contribution in [0, 0.1) is 0 Å². The van der Waals surface area contributed by atoms with Crippen LogP contribution in [-0.2, 0) is 9.05 Å². The smallest absolute Gasteiger partial charge is 0.171 e. The minimum atomic E-state index is -0.686. The third-order valence-electron chi connectivity index (χ3n) is 0.858. The molecule has 0 aromatic rings. The molecule has 0 rings (SSSR count). The summed E-state index contributed by atoms with van der Waals surface area (Å²) in [7, 11) is -0.686. The Morgan fingerprint density at radius 2 is 1.70 bits per heavy atom. The molecule has 10 heavy (non-hydrogen) atoms. The molecular weight excluding hydrogens is 149 g/mol. The standard InChI is InChI=1S/C6H16NO2P/c1-3-8-10(6-5-7)9-4-2/h3-7H2,1-2H3. The molecule has 3 nitrogen and oxygen atoms in total. The van der Waals surface area contributed by atoms with Gasteiger partial charge in [-0.05, 0) is 13.8 Å². The minimum absolute atomic E-state index is 0.645. The summed E-state index contributed by atoms with van der Waals surface area (Å²) in [6.07, 6.45) is 0.844. The van der Waals surface area contributed by atoms with E-state index in [4.69, 9.17) is 14.8 Å². The van der Waals surface area contributed by atoms with E-state index in [-0.39, 0.29) is 0 Å². The van der Waals surface area contributed by atoms with Crippen molar-refractivity contribution < 1.29 is 9.05 Å². The predicted molar refractivity (Wildman–Crippen MR) is 44.1 cm³/mol. The Morgan fingerprint density at radius 1 is 1.20 bits per heavy atom. The van der Waals surface area contributed by atoms with E-state index < -0.39 is 8.38 Å². The molecule has 0 saturated carbocycles. The molecule has 0 aliphatic carbocycles. The van der Waals surface area contributed by atoms with E-state index in [1.165, 1.54) is 0 Å². The summed E-state index contributed by atoms with van der Waals surface area (Å²) in [4.78, 5) is 0. The first-order valence-electron chi connectivity index (χ1n) is 3.58. The quantitative estimate of drug-likeness (QED) is 0.604. The Morgan fingerprint density at radius 3 is 2.00 bits per heavy atom. The zero-order valence-corrected chi connectivity index (χ0v) is 7.56. The molecule has 0 fully saturated rings. The van der Waals surface area contributed by atoms with Crippen LogP contribution in [0.1, 0.15) is 13.8 Å². The van der Waals surface area contributed by atoms with Gasteiger partial charge in [0.25, 0.3) is 0 Å². The number of nitrogens with two attached hydrogens (primary N) is 1. The summed E-state index contributed by atoms with van der Waals surface area (Å²) < 4.78 is 10.6. The number of hydrogen-bond donors (Lipinski definition) is 1. The van der Waals surface area contributed by atoms with Gasteiger partial charge in [0.05, 0.1) is 13.2 Å². The molecular formula is C6H16NO2P. The van der Waals surface area contributed by atoms with Crippen molar-refractivity contribution in [2.45, 2.75) is 13.8 Å². The lowest BCUT2D eigenvalue weighted by molar-refractivity contribution is 0.270. The number of rotatable bonds is 6. The molecule has 0 radical (unpaired) electrons. The predicted octanol–water partition coefficient (Wildman–Crippen LogP) is 1.33. The summed E-state index contributed by atoms with van der Waals surface area (Å²) in [6, 6.07) is 0. The van der Waals surface area contributed by atoms with E-state index in [0.717, 1.165) is 6.16 Å². The summed E-state index contributed by atoms with van der Waals surface area (Å²) in [5, 5.41) is 0. The van der Waals surface area contributed by atoms with Crippen LogP contribution < -0.4 is 5.73 Å². The van der Waals surface area contributed by atoms with E-state index >= 15 is 0 Å². The van der Waals surface area contributed by atoms with Gasteiger partial charge in [0.15, 0.2) is 8.38 Å². The van der Waals surface area contributed by atoms with Crippen LogP contribution in [0.15, 0.2) is 0 Å². The highest BCUT2D eigenvalue weighted by Crippen LogP contribution is 2.36. The van der Waals surface area contributed by atoms with Crippen molar-refractivity contribution in [1.82, 2.24) is 0 Å². The SMILES string of the molecule is CCOP(CCN)OCC. The van der Waals surface area contributed by atoms with Crippen molar-refractivity contribution >= 4 is 8.38 Å². The second-order valence-corrected chi connectivity index (χ2v) is 3.31. The van der Waals surface area contributed by atoms with Crippen molar-refractivity contribution in [2.24, 2.45) is 5.73 Å². The second-order valence-electron chi connectivity index (χ2n) is 1.68. The Hall–Kier alpha value is 0.310. The van der Waals surface area contributed by atoms with Gasteiger partial charge in [-0.3, -0.25) is 0 Å². The van der Waals surface area contributed by atoms with Gasteiger partial charge in [0.2, 0.25) is 0 Å². The first-order chi connectivity index (χ1) is 4.85. The van der Waals surface area contributed by atoms with Gasteiger partial charge in [-0.1, -0.05) is 0 Å². The van der Waals surface area contributed by atoms with Crippen molar-refractivity contribution in [3.8, 4) is 0 Å². The van der Waals surface area contributed by atoms with Crippen LogP contribution in [0.2, 0.25) is 0 Å². The largest absolute Gasteiger partial charge is 0.334 e. The van der Waals surface area contributed by atoms with E-state index in [9.17, 15) is 0 Å². The zero-order valence-electron chi connectivity index (χ0n) is 6.67. The van der Waals surface area contributed by atoms with Gasteiger partial charge in [-0.2, -0.15) is 0 Å². The number of hydrogen-bond acceptors (Lipinski definition) is 3. The van der Waals surface area contributed by atoms with Crippen molar-refractivity contribution in [3.05, 3.63) is 0 Å². The lowest BCUT2D eigenvalue weighted by Crippen LogP contribution is -2.06. The van der Waals surface area contributed by atoms with Gasteiger partial charge in [0, 0.05) is 12.7 Å². The van der Waals surface area contributed by atoms with E-state index in [2.05, 4.69) is 0 Å². The van der Waals surface area contributed by atoms with Gasteiger partial charge in [0.1, 0.15) is 0 Å². The van der Waals surface area contributed by atoms with Crippen LogP contribution in [-0.4, -0.2) is 25.9 Å². The maximum atomic E-state index is 5.35. The molecule has 0 aromatic heterocycles. The summed E-state index contributed by atoms with van der Waals surface area (Å²) >= 11 is 0. The summed E-state index contributed by atoms with van der Waals surface area (Å²) in [5.74, 6) is 0. The highest BCUT2D eigenvalue weighted by molar-refractivity contribution is 7.47. The van der Waals surface area contributed by atoms with Crippen LogP contribution >= 0.6 is 8.38 Å². The third-order valence-corrected chi connectivity index (χ3v) is 2.57. The zero-order chi connectivity index (χ0) is 7.82. The van der Waals surface area contributed by atoms with E-state index in [0.29, 0.717) is 19.8 Å². The Kier molecular flexibility index (Phi) is 7.65. The third kappa shape index (κ3) is 5.12. The fourth-order valence-electron chi connectivity index (χ4n) is 0.560. The molecule has 0 aliphatic rings. The normalized spacial score (nSPS) is 10.8. The average molecular weight is 165 g/mol. The molecule has 0 saturated heterocycles. The van der Waals surface area contributed by atoms with Crippen LogP contribution in [0.4, 0.5) is 0 Å². The maximum Gasteiger partial charge on any atom is 0.171 e. The highest BCUT2D eigenvalue weighted by Gasteiger charge is 2.05. The van der Waals surface area contributed by atoms with Crippen molar-refractivity contribution in [1.29, 1.82) is 0 Å². The highest BCUT2D eigenvalue weighted by atomic mass is 31.2. The van der Waals surface area contributed by atoms with Crippen LogP contribution in [0.25, 0.3) is 0 Å². The van der Waals surface area contributed by atoms with Gasteiger partial charge in [-0.15, -0.1) is 0 Å². The topological polar surface area (TPSA) is 44.5 Å². The summed E-state index contributed by atoms with van der Waals surface area (Å²) in [6.45, 7) is 6.00. The lowest BCUT2D eigenvalue weighted by Gasteiger charge is -2.13. The molecule has 0 unspecified atom stereocenters. The molecule has 0 heterocycles. The Balaban J connectivity index is 3.30. The summed E-state index contributed by atoms with van der Waals surface area (Å²) in [5.41, 5.74) is 5.35. The second kappa shape index (κ2) is 7.42. The fourth-order valence-corrected chi connectivity index (χ4v) is 1.68. The van der Waals surface area contributed by atoms with Crippen molar-refractivity contribution in [3.63, 3.8) is 0 Å². The van der Waals surface area contributed by atoms with E-state index in [1.807, 2.05) is 13.8 Å². The molecule has 4 heteroatoms. The van der Waals surface area contributed by atoms with E-state index in [1.54, 1.807) is 0 Å². The molecule has 62 valence electrons. The van der Waals surface area contributed by atoms with Crippen LogP contribution in [0.5, 0.6) is 0 Å². The monoisotopic (exact) mass is 165 g/mol. The van der Waals surface area contributed by atoms with Gasteiger partial charge < -0.3 is 14.8 Å². The van der Waals surface area contributed by atoms with Crippen LogP contribution in [0.3, 0.4) is 0 Å². The fraction of sp³-hybridized carbons (Fsp3) is 1.00. The molecule has 0 bridgehead atoms. The van der Waals surface area contributed by atoms with Crippen molar-refractivity contribution in [2.75, 3.05) is 25.9 Å². The minimum Gasteiger partial charge on any atom is -0.334 e. The molecule has 0 atom stereocenters. The first kappa shape index (κ1) is 10.3. The Bertz CT molecular complexity index is 58.5. The lowest BCUT2D eigenvalue weighted by atomic mass is 10.8. The molecule has 0 aliphatic heterocycles. The molecule has 0 aromatic carbocycles. The first-order valence-corrected chi connectivity index (χ1v) is 4.94.